The molecule has 0 heterocycles. The van der Waals surface area contributed by atoms with Crippen molar-refractivity contribution in [3.05, 3.63) is 0 Å². The average Bonchev–Trinajstić information content (AvgIpc) is 2.91. The Hall–Kier alpha value is -1.27. The maximum absolute atomic E-state index is 12.9. The van der Waals surface area contributed by atoms with E-state index in [-0.39, 0.29) is 23.2 Å². The van der Waals surface area contributed by atoms with Crippen molar-refractivity contribution in [3.8, 4) is 0 Å². The molecule has 0 spiro atoms. The molecule has 0 bridgehead atoms. The Morgan fingerprint density at radius 1 is 1.17 bits per heavy atom. The van der Waals surface area contributed by atoms with Crippen molar-refractivity contribution >= 4 is 17.5 Å². The fourth-order valence-corrected chi connectivity index (χ4v) is 7.92. The van der Waals surface area contributed by atoms with Crippen molar-refractivity contribution in [2.75, 3.05) is 6.61 Å². The molecule has 4 fully saturated rings. The minimum Gasteiger partial charge on any atom is -0.458 e. The van der Waals surface area contributed by atoms with E-state index in [2.05, 4.69) is 6.92 Å². The first-order chi connectivity index (χ1) is 13.5. The zero-order valence-corrected chi connectivity index (χ0v) is 17.8. The standard InChI is InChI=1S/C23H34O6/c1-13(24)29-12-19(27)23(28)9-7-17-16-5-4-14-10-15(25)6-8-21(14,2)20(16)18(26)11-22(17,23)3/h14,16-18,20,26,28H,4-12H2,1-3H3/t14-,16+,17-,18-,20+,21+,22-,23+/m1/s1. The lowest BCUT2D eigenvalue weighted by molar-refractivity contribution is -0.199. The monoisotopic (exact) mass is 406 g/mol. The zero-order chi connectivity index (χ0) is 21.2. The molecule has 162 valence electrons. The fourth-order valence-electron chi connectivity index (χ4n) is 7.92. The highest BCUT2D eigenvalue weighted by Crippen LogP contribution is 2.68. The lowest BCUT2D eigenvalue weighted by Crippen LogP contribution is -2.63. The largest absolute Gasteiger partial charge is 0.458 e. The lowest BCUT2D eigenvalue weighted by Gasteiger charge is -2.62. The Morgan fingerprint density at radius 3 is 2.59 bits per heavy atom. The summed E-state index contributed by atoms with van der Waals surface area (Å²) in [5.41, 5.74) is -2.35. The van der Waals surface area contributed by atoms with Crippen molar-refractivity contribution in [2.45, 2.75) is 83.8 Å². The molecule has 4 saturated carbocycles. The molecule has 0 amide bonds. The van der Waals surface area contributed by atoms with E-state index >= 15 is 0 Å². The summed E-state index contributed by atoms with van der Waals surface area (Å²) >= 11 is 0. The summed E-state index contributed by atoms with van der Waals surface area (Å²) in [6, 6.07) is 0. The van der Waals surface area contributed by atoms with Crippen molar-refractivity contribution in [1.82, 2.24) is 0 Å². The van der Waals surface area contributed by atoms with E-state index in [1.54, 1.807) is 0 Å². The number of aliphatic hydroxyl groups is 2. The van der Waals surface area contributed by atoms with E-state index in [0.717, 1.165) is 25.7 Å². The van der Waals surface area contributed by atoms with Crippen molar-refractivity contribution in [2.24, 2.45) is 34.5 Å². The summed E-state index contributed by atoms with van der Waals surface area (Å²) in [5.74, 6) is 0.182. The molecule has 6 heteroatoms. The molecule has 4 aliphatic rings. The Morgan fingerprint density at radius 2 is 1.90 bits per heavy atom. The van der Waals surface area contributed by atoms with Gasteiger partial charge in [-0.25, -0.2) is 0 Å². The number of ketones is 2. The van der Waals surface area contributed by atoms with Gasteiger partial charge in [0.1, 0.15) is 11.4 Å². The third kappa shape index (κ3) is 2.93. The number of ether oxygens (including phenoxy) is 1. The van der Waals surface area contributed by atoms with Crippen molar-refractivity contribution in [3.63, 3.8) is 0 Å². The first kappa shape index (κ1) is 21.0. The number of rotatable bonds is 3. The quantitative estimate of drug-likeness (QED) is 0.698. The molecule has 0 radical (unpaired) electrons. The summed E-state index contributed by atoms with van der Waals surface area (Å²) < 4.78 is 4.89. The minimum atomic E-state index is -1.57. The summed E-state index contributed by atoms with van der Waals surface area (Å²) in [6.45, 7) is 5.02. The van der Waals surface area contributed by atoms with Gasteiger partial charge in [0.05, 0.1) is 6.10 Å². The van der Waals surface area contributed by atoms with Gasteiger partial charge >= 0.3 is 5.97 Å². The molecule has 0 aromatic heterocycles. The summed E-state index contributed by atoms with van der Waals surface area (Å²) in [6.07, 6.45) is 4.81. The third-order valence-corrected chi connectivity index (χ3v) is 9.43. The highest BCUT2D eigenvalue weighted by atomic mass is 16.5. The van der Waals surface area contributed by atoms with E-state index in [1.807, 2.05) is 6.92 Å². The van der Waals surface area contributed by atoms with E-state index in [9.17, 15) is 24.6 Å². The van der Waals surface area contributed by atoms with E-state index < -0.39 is 35.5 Å². The molecular weight excluding hydrogens is 372 g/mol. The summed E-state index contributed by atoms with van der Waals surface area (Å²) in [5, 5.41) is 22.8. The van der Waals surface area contributed by atoms with Crippen LogP contribution in [0.1, 0.15) is 72.1 Å². The number of carbonyl (C=O) groups excluding carboxylic acids is 3. The van der Waals surface area contributed by atoms with Crippen LogP contribution in [0, 0.1) is 34.5 Å². The number of hydrogen-bond acceptors (Lipinski definition) is 6. The molecule has 0 aromatic rings. The van der Waals surface area contributed by atoms with Crippen LogP contribution in [-0.4, -0.2) is 46.1 Å². The SMILES string of the molecule is CC(=O)OCC(=O)[C@@]1(O)CC[C@@H]2[C@@H]3CC[C@@H]4CC(=O)CC[C@]4(C)[C@@H]3[C@H](O)C[C@]21C. The number of Topliss-reactive ketones (excluding diaryl/α,β-unsaturated/α-hetero) is 2. The number of hydrogen-bond donors (Lipinski definition) is 2. The van der Waals surface area contributed by atoms with Gasteiger partial charge < -0.3 is 14.9 Å². The number of esters is 1. The highest BCUT2D eigenvalue weighted by Gasteiger charge is 2.68. The molecule has 8 atom stereocenters. The Kier molecular flexibility index (Phi) is 4.97. The van der Waals surface area contributed by atoms with E-state index in [0.29, 0.717) is 37.4 Å². The third-order valence-electron chi connectivity index (χ3n) is 9.43. The van der Waals surface area contributed by atoms with Gasteiger partial charge in [0.15, 0.2) is 6.61 Å². The minimum absolute atomic E-state index is 0.0555. The number of fused-ring (bicyclic) bond motifs is 5. The molecular formula is C23H34O6. The van der Waals surface area contributed by atoms with Crippen LogP contribution in [0.5, 0.6) is 0 Å². The van der Waals surface area contributed by atoms with Gasteiger partial charge in [-0.1, -0.05) is 13.8 Å². The van der Waals surface area contributed by atoms with Crippen LogP contribution in [0.3, 0.4) is 0 Å². The lowest BCUT2D eigenvalue weighted by atomic mass is 9.43. The van der Waals surface area contributed by atoms with Crippen LogP contribution in [0.25, 0.3) is 0 Å². The van der Waals surface area contributed by atoms with Gasteiger partial charge in [-0.05, 0) is 67.6 Å². The van der Waals surface area contributed by atoms with Gasteiger partial charge in [0.2, 0.25) is 5.78 Å². The predicted octanol–water partition coefficient (Wildman–Crippen LogP) is 2.43. The van der Waals surface area contributed by atoms with Crippen LogP contribution in [0.2, 0.25) is 0 Å². The number of aliphatic hydroxyl groups excluding tert-OH is 1. The Labute approximate surface area is 172 Å². The molecule has 4 aliphatic carbocycles. The smallest absolute Gasteiger partial charge is 0.303 e. The van der Waals surface area contributed by atoms with Crippen LogP contribution in [-0.2, 0) is 19.1 Å². The average molecular weight is 407 g/mol. The molecule has 0 aliphatic heterocycles. The Bertz CT molecular complexity index is 733. The highest BCUT2D eigenvalue weighted by molar-refractivity contribution is 5.91. The van der Waals surface area contributed by atoms with Gasteiger partial charge in [0, 0.05) is 25.2 Å². The van der Waals surface area contributed by atoms with Gasteiger partial charge in [-0.15, -0.1) is 0 Å². The topological polar surface area (TPSA) is 101 Å². The second-order valence-electron chi connectivity index (χ2n) is 10.6. The molecule has 0 unspecified atom stereocenters. The molecule has 0 saturated heterocycles. The zero-order valence-electron chi connectivity index (χ0n) is 17.8. The molecule has 0 aromatic carbocycles. The maximum Gasteiger partial charge on any atom is 0.303 e. The molecule has 29 heavy (non-hydrogen) atoms. The number of carbonyl (C=O) groups is 3. The van der Waals surface area contributed by atoms with Crippen molar-refractivity contribution in [1.29, 1.82) is 0 Å². The second-order valence-corrected chi connectivity index (χ2v) is 10.6. The Balaban J connectivity index is 1.63. The van der Waals surface area contributed by atoms with Crippen LogP contribution >= 0.6 is 0 Å². The first-order valence-electron chi connectivity index (χ1n) is 11.1. The van der Waals surface area contributed by atoms with E-state index in [1.165, 1.54) is 6.92 Å². The normalized spacial score (nSPS) is 49.0. The summed E-state index contributed by atoms with van der Waals surface area (Å²) in [4.78, 5) is 36.1. The summed E-state index contributed by atoms with van der Waals surface area (Å²) in [7, 11) is 0. The molecule has 2 N–H and O–H groups in total. The van der Waals surface area contributed by atoms with Gasteiger partial charge in [0.25, 0.3) is 0 Å². The van der Waals surface area contributed by atoms with Crippen molar-refractivity contribution < 1.29 is 29.3 Å². The maximum atomic E-state index is 12.9. The molecule has 6 nitrogen and oxygen atoms in total. The molecule has 4 rings (SSSR count). The van der Waals surface area contributed by atoms with Crippen LogP contribution in [0.15, 0.2) is 0 Å². The van der Waals surface area contributed by atoms with Crippen LogP contribution < -0.4 is 0 Å². The predicted molar refractivity (Wildman–Crippen MR) is 105 cm³/mol. The fraction of sp³-hybridized carbons (Fsp3) is 0.870. The van der Waals surface area contributed by atoms with Gasteiger partial charge in [-0.2, -0.15) is 0 Å². The van der Waals surface area contributed by atoms with Gasteiger partial charge in [-0.3, -0.25) is 14.4 Å². The van der Waals surface area contributed by atoms with E-state index in [4.69, 9.17) is 4.74 Å². The first-order valence-corrected chi connectivity index (χ1v) is 11.1. The second kappa shape index (κ2) is 6.88. The van der Waals surface area contributed by atoms with Crippen LogP contribution in [0.4, 0.5) is 0 Å².